The lowest BCUT2D eigenvalue weighted by molar-refractivity contribution is 0.1000. The number of rotatable bonds is 6. The summed E-state index contributed by atoms with van der Waals surface area (Å²) in [6, 6.07) is 1.83. The standard InChI is InChI=1S/C14H24N4O/c1-5-14(16,6-2)8-17-11-7-9(3)18-10(4)12(11)13(15)19/h7H,5-6,8,16H2,1-4H3,(H2,15,19)(H,17,18). The van der Waals surface area contributed by atoms with Gasteiger partial charge in [0.25, 0.3) is 5.91 Å². The highest BCUT2D eigenvalue weighted by molar-refractivity contribution is 5.99. The number of nitrogens with one attached hydrogen (secondary N) is 1. The molecular weight excluding hydrogens is 240 g/mol. The molecule has 5 heteroatoms. The van der Waals surface area contributed by atoms with Crippen LogP contribution in [0.4, 0.5) is 5.69 Å². The number of amides is 1. The predicted molar refractivity (Wildman–Crippen MR) is 78.2 cm³/mol. The van der Waals surface area contributed by atoms with Crippen LogP contribution in [0.15, 0.2) is 6.07 Å². The molecule has 0 saturated heterocycles. The van der Waals surface area contributed by atoms with E-state index in [4.69, 9.17) is 11.5 Å². The molecule has 0 atom stereocenters. The lowest BCUT2D eigenvalue weighted by atomic mass is 9.94. The highest BCUT2D eigenvalue weighted by Crippen LogP contribution is 2.21. The van der Waals surface area contributed by atoms with Crippen LogP contribution in [0, 0.1) is 13.8 Å². The number of primary amides is 1. The number of nitrogens with zero attached hydrogens (tertiary/aromatic N) is 1. The van der Waals surface area contributed by atoms with Crippen LogP contribution in [-0.4, -0.2) is 23.0 Å². The van der Waals surface area contributed by atoms with Gasteiger partial charge in [0.15, 0.2) is 0 Å². The van der Waals surface area contributed by atoms with E-state index in [1.807, 2.05) is 13.0 Å². The summed E-state index contributed by atoms with van der Waals surface area (Å²) in [5.74, 6) is -0.469. The summed E-state index contributed by atoms with van der Waals surface area (Å²) < 4.78 is 0. The normalized spacial score (nSPS) is 11.4. The lowest BCUT2D eigenvalue weighted by Gasteiger charge is -2.28. The van der Waals surface area contributed by atoms with Crippen molar-refractivity contribution in [3.05, 3.63) is 23.0 Å². The Kier molecular flexibility index (Phi) is 4.89. The SMILES string of the molecule is CCC(N)(CC)CNc1cc(C)nc(C)c1C(N)=O. The predicted octanol–water partition coefficient (Wildman–Crippen LogP) is 1.73. The third-order valence-electron chi connectivity index (χ3n) is 3.61. The summed E-state index contributed by atoms with van der Waals surface area (Å²) in [5.41, 5.74) is 14.0. The molecule has 0 unspecified atom stereocenters. The molecule has 1 heterocycles. The van der Waals surface area contributed by atoms with Crippen LogP contribution >= 0.6 is 0 Å². The molecule has 0 aliphatic carbocycles. The molecule has 0 saturated carbocycles. The van der Waals surface area contributed by atoms with E-state index in [1.165, 1.54) is 0 Å². The Bertz CT molecular complexity index is 467. The van der Waals surface area contributed by atoms with Gasteiger partial charge >= 0.3 is 0 Å². The van der Waals surface area contributed by atoms with Crippen molar-refractivity contribution in [1.82, 2.24) is 4.98 Å². The van der Waals surface area contributed by atoms with Crippen molar-refractivity contribution in [2.75, 3.05) is 11.9 Å². The first-order valence-electron chi connectivity index (χ1n) is 6.63. The van der Waals surface area contributed by atoms with Crippen LogP contribution in [-0.2, 0) is 0 Å². The van der Waals surface area contributed by atoms with Gasteiger partial charge in [0, 0.05) is 17.8 Å². The summed E-state index contributed by atoms with van der Waals surface area (Å²) in [6.45, 7) is 8.39. The van der Waals surface area contributed by atoms with Crippen molar-refractivity contribution < 1.29 is 4.79 Å². The molecule has 0 aliphatic rings. The van der Waals surface area contributed by atoms with Crippen molar-refractivity contribution >= 4 is 11.6 Å². The summed E-state index contributed by atoms with van der Waals surface area (Å²) in [7, 11) is 0. The maximum Gasteiger partial charge on any atom is 0.252 e. The minimum absolute atomic E-state index is 0.278. The lowest BCUT2D eigenvalue weighted by Crippen LogP contribution is -2.45. The van der Waals surface area contributed by atoms with Gasteiger partial charge in [-0.05, 0) is 32.8 Å². The van der Waals surface area contributed by atoms with Gasteiger partial charge in [-0.25, -0.2) is 0 Å². The van der Waals surface area contributed by atoms with E-state index in [0.29, 0.717) is 23.5 Å². The largest absolute Gasteiger partial charge is 0.382 e. The Morgan fingerprint density at radius 2 is 1.95 bits per heavy atom. The number of pyridine rings is 1. The van der Waals surface area contributed by atoms with Gasteiger partial charge in [0.1, 0.15) is 0 Å². The Morgan fingerprint density at radius 1 is 1.37 bits per heavy atom. The molecule has 19 heavy (non-hydrogen) atoms. The van der Waals surface area contributed by atoms with Gasteiger partial charge in [-0.3, -0.25) is 9.78 Å². The van der Waals surface area contributed by atoms with Gasteiger partial charge in [0.05, 0.1) is 16.9 Å². The molecule has 5 nitrogen and oxygen atoms in total. The Morgan fingerprint density at radius 3 is 2.42 bits per heavy atom. The van der Waals surface area contributed by atoms with Crippen LogP contribution in [0.5, 0.6) is 0 Å². The molecule has 5 N–H and O–H groups in total. The van der Waals surface area contributed by atoms with E-state index in [1.54, 1.807) is 6.92 Å². The fraction of sp³-hybridized carbons (Fsp3) is 0.571. The molecule has 0 aliphatic heterocycles. The Hall–Kier alpha value is -1.62. The number of carbonyl (C=O) groups excluding carboxylic acids is 1. The van der Waals surface area contributed by atoms with Crippen molar-refractivity contribution in [2.24, 2.45) is 11.5 Å². The topological polar surface area (TPSA) is 94.0 Å². The highest BCUT2D eigenvalue weighted by Gasteiger charge is 2.21. The zero-order valence-electron chi connectivity index (χ0n) is 12.2. The zero-order valence-corrected chi connectivity index (χ0v) is 12.2. The van der Waals surface area contributed by atoms with E-state index >= 15 is 0 Å². The van der Waals surface area contributed by atoms with Crippen molar-refractivity contribution in [1.29, 1.82) is 0 Å². The van der Waals surface area contributed by atoms with Crippen LogP contribution in [0.25, 0.3) is 0 Å². The first kappa shape index (κ1) is 15.4. The number of aromatic nitrogens is 1. The average molecular weight is 264 g/mol. The highest BCUT2D eigenvalue weighted by atomic mass is 16.1. The zero-order chi connectivity index (χ0) is 14.6. The van der Waals surface area contributed by atoms with Gasteiger partial charge in [0.2, 0.25) is 0 Å². The Labute approximate surface area is 114 Å². The molecule has 106 valence electrons. The molecule has 0 aromatic carbocycles. The van der Waals surface area contributed by atoms with Crippen LogP contribution < -0.4 is 16.8 Å². The van der Waals surface area contributed by atoms with Crippen LogP contribution in [0.3, 0.4) is 0 Å². The van der Waals surface area contributed by atoms with Crippen molar-refractivity contribution in [3.8, 4) is 0 Å². The molecule has 0 fully saturated rings. The van der Waals surface area contributed by atoms with Crippen molar-refractivity contribution in [3.63, 3.8) is 0 Å². The average Bonchev–Trinajstić information content (AvgIpc) is 2.34. The number of hydrogen-bond acceptors (Lipinski definition) is 4. The molecule has 0 radical (unpaired) electrons. The second-order valence-corrected chi connectivity index (χ2v) is 5.06. The van der Waals surface area contributed by atoms with E-state index in [2.05, 4.69) is 24.1 Å². The van der Waals surface area contributed by atoms with Crippen LogP contribution in [0.2, 0.25) is 0 Å². The van der Waals surface area contributed by atoms with E-state index in [9.17, 15) is 4.79 Å². The fourth-order valence-electron chi connectivity index (χ4n) is 2.05. The summed E-state index contributed by atoms with van der Waals surface area (Å²) >= 11 is 0. The second kappa shape index (κ2) is 6.02. The molecule has 0 spiro atoms. The monoisotopic (exact) mass is 264 g/mol. The number of anilines is 1. The molecule has 1 aromatic heterocycles. The third-order valence-corrected chi connectivity index (χ3v) is 3.61. The molecule has 1 rings (SSSR count). The van der Waals surface area contributed by atoms with Gasteiger partial charge < -0.3 is 16.8 Å². The number of nitrogens with two attached hydrogens (primary N) is 2. The van der Waals surface area contributed by atoms with Gasteiger partial charge in [-0.2, -0.15) is 0 Å². The Balaban J connectivity index is 3.04. The maximum atomic E-state index is 11.5. The smallest absolute Gasteiger partial charge is 0.252 e. The first-order valence-corrected chi connectivity index (χ1v) is 6.63. The quantitative estimate of drug-likeness (QED) is 0.729. The minimum atomic E-state index is -0.469. The number of hydrogen-bond donors (Lipinski definition) is 3. The van der Waals surface area contributed by atoms with E-state index in [0.717, 1.165) is 18.5 Å². The molecule has 1 amide bonds. The minimum Gasteiger partial charge on any atom is -0.382 e. The first-order chi connectivity index (χ1) is 8.83. The molecule has 1 aromatic rings. The second-order valence-electron chi connectivity index (χ2n) is 5.06. The summed E-state index contributed by atoms with van der Waals surface area (Å²) in [5, 5.41) is 3.25. The maximum absolute atomic E-state index is 11.5. The molecular formula is C14H24N4O. The summed E-state index contributed by atoms with van der Waals surface area (Å²) in [6.07, 6.45) is 1.73. The van der Waals surface area contributed by atoms with Gasteiger partial charge in [-0.15, -0.1) is 0 Å². The third kappa shape index (κ3) is 3.67. The van der Waals surface area contributed by atoms with Crippen molar-refractivity contribution in [2.45, 2.75) is 46.1 Å². The fourth-order valence-corrected chi connectivity index (χ4v) is 2.05. The van der Waals surface area contributed by atoms with Crippen LogP contribution in [0.1, 0.15) is 48.4 Å². The van der Waals surface area contributed by atoms with E-state index < -0.39 is 5.91 Å². The number of aryl methyl sites for hydroxylation is 2. The molecule has 0 bridgehead atoms. The van der Waals surface area contributed by atoms with Gasteiger partial charge in [-0.1, -0.05) is 13.8 Å². The summed E-state index contributed by atoms with van der Waals surface area (Å²) in [4.78, 5) is 15.8. The van der Waals surface area contributed by atoms with E-state index in [-0.39, 0.29) is 5.54 Å². The number of carbonyl (C=O) groups is 1.